The van der Waals surface area contributed by atoms with Gasteiger partial charge < -0.3 is 23.7 Å². The molecule has 4 atom stereocenters. The first-order valence-electron chi connectivity index (χ1n) is 5.80. The topological polar surface area (TPSA) is 63.2 Å². The number of esters is 1. The Balaban J connectivity index is 2.00. The minimum Gasteiger partial charge on any atom is -0.460 e. The van der Waals surface area contributed by atoms with Crippen molar-refractivity contribution in [2.24, 2.45) is 0 Å². The van der Waals surface area contributed by atoms with E-state index < -0.39 is 24.2 Å². The van der Waals surface area contributed by atoms with E-state index in [0.29, 0.717) is 0 Å². The first-order chi connectivity index (χ1) is 8.46. The third kappa shape index (κ3) is 2.56. The van der Waals surface area contributed by atoms with Crippen LogP contribution in [0.25, 0.3) is 0 Å². The maximum Gasteiger partial charge on any atom is 0.330 e. The Morgan fingerprint density at radius 2 is 2.06 bits per heavy atom. The quantitative estimate of drug-likeness (QED) is 0.544. The maximum atomic E-state index is 11.0. The maximum absolute atomic E-state index is 11.0. The molecule has 0 saturated carbocycles. The van der Waals surface area contributed by atoms with Crippen LogP contribution in [0.15, 0.2) is 12.7 Å². The molecule has 102 valence electrons. The predicted molar refractivity (Wildman–Crippen MR) is 60.7 cm³/mol. The van der Waals surface area contributed by atoms with Crippen LogP contribution in [-0.4, -0.2) is 50.1 Å². The minimum absolute atomic E-state index is 0.0886. The van der Waals surface area contributed by atoms with E-state index in [2.05, 4.69) is 6.58 Å². The smallest absolute Gasteiger partial charge is 0.330 e. The molecular formula is C12H18O6. The summed E-state index contributed by atoms with van der Waals surface area (Å²) in [6.07, 6.45) is -0.411. The minimum atomic E-state index is -0.684. The lowest BCUT2D eigenvalue weighted by Gasteiger charge is -2.23. The van der Waals surface area contributed by atoms with E-state index in [1.54, 1.807) is 0 Å². The Hall–Kier alpha value is -0.950. The monoisotopic (exact) mass is 258 g/mol. The normalized spacial score (nSPS) is 37.3. The van der Waals surface area contributed by atoms with E-state index in [0.717, 1.165) is 6.08 Å². The van der Waals surface area contributed by atoms with Crippen LogP contribution in [0.4, 0.5) is 0 Å². The highest BCUT2D eigenvalue weighted by atomic mass is 16.8. The van der Waals surface area contributed by atoms with Gasteiger partial charge in [0.15, 0.2) is 12.1 Å². The zero-order valence-electron chi connectivity index (χ0n) is 10.8. The summed E-state index contributed by atoms with van der Waals surface area (Å²) in [6, 6.07) is 0. The Kier molecular flexibility index (Phi) is 3.72. The summed E-state index contributed by atoms with van der Waals surface area (Å²) in [6.45, 7) is 7.07. The van der Waals surface area contributed by atoms with Crippen molar-refractivity contribution >= 4 is 5.97 Å². The van der Waals surface area contributed by atoms with Crippen LogP contribution in [0.1, 0.15) is 13.8 Å². The number of carbonyl (C=O) groups excluding carboxylic acids is 1. The zero-order valence-corrected chi connectivity index (χ0v) is 10.8. The standard InChI is InChI=1S/C12H18O6/c1-5-8(13)15-6-7-9-10(11(14-4)16-7)18-12(2,3)17-9/h5,7,9-11H,1,6H2,2-4H3/t7-,9?,10+,11-/m1/s1. The van der Waals surface area contributed by atoms with Crippen LogP contribution >= 0.6 is 0 Å². The molecule has 6 nitrogen and oxygen atoms in total. The summed E-state index contributed by atoms with van der Waals surface area (Å²) < 4.78 is 27.2. The van der Waals surface area contributed by atoms with E-state index in [1.165, 1.54) is 7.11 Å². The van der Waals surface area contributed by atoms with Crippen LogP contribution in [0, 0.1) is 0 Å². The average Bonchev–Trinajstić information content (AvgIpc) is 2.79. The van der Waals surface area contributed by atoms with Crippen molar-refractivity contribution in [3.8, 4) is 0 Å². The van der Waals surface area contributed by atoms with Gasteiger partial charge in [0.25, 0.3) is 0 Å². The van der Waals surface area contributed by atoms with Gasteiger partial charge in [-0.2, -0.15) is 0 Å². The van der Waals surface area contributed by atoms with Crippen molar-refractivity contribution in [2.45, 2.75) is 44.2 Å². The lowest BCUT2D eigenvalue weighted by atomic mass is 10.1. The van der Waals surface area contributed by atoms with E-state index in [9.17, 15) is 4.79 Å². The summed E-state index contributed by atoms with van der Waals surface area (Å²) in [5, 5.41) is 0. The number of rotatable bonds is 4. The van der Waals surface area contributed by atoms with Crippen LogP contribution < -0.4 is 0 Å². The largest absolute Gasteiger partial charge is 0.460 e. The summed E-state index contributed by atoms with van der Waals surface area (Å²) in [7, 11) is 1.54. The SMILES string of the molecule is C=CC(=O)OC[C@H]1O[C@@H](OC)[C@H]2OC(C)(C)OC12. The highest BCUT2D eigenvalue weighted by Gasteiger charge is 2.55. The predicted octanol–water partition coefficient (Wildman–Crippen LogP) is 0.607. The Morgan fingerprint density at radius 1 is 1.39 bits per heavy atom. The van der Waals surface area contributed by atoms with Gasteiger partial charge >= 0.3 is 5.97 Å². The first kappa shape index (κ1) is 13.5. The number of methoxy groups -OCH3 is 1. The molecule has 0 spiro atoms. The van der Waals surface area contributed by atoms with Crippen LogP contribution in [0.3, 0.4) is 0 Å². The van der Waals surface area contributed by atoms with Crippen molar-refractivity contribution in [1.82, 2.24) is 0 Å². The molecule has 0 amide bonds. The second-order valence-corrected chi connectivity index (χ2v) is 4.68. The Labute approximate surface area is 106 Å². The molecule has 0 aromatic rings. The van der Waals surface area contributed by atoms with Crippen molar-refractivity contribution in [3.05, 3.63) is 12.7 Å². The van der Waals surface area contributed by atoms with E-state index in [-0.39, 0.29) is 18.8 Å². The molecule has 2 heterocycles. The molecule has 6 heteroatoms. The third-order valence-electron chi connectivity index (χ3n) is 2.90. The molecule has 2 aliphatic heterocycles. The molecule has 2 aliphatic rings. The van der Waals surface area contributed by atoms with Crippen molar-refractivity contribution in [2.75, 3.05) is 13.7 Å². The van der Waals surface area contributed by atoms with Crippen molar-refractivity contribution in [3.63, 3.8) is 0 Å². The van der Waals surface area contributed by atoms with Gasteiger partial charge in [0.1, 0.15) is 24.9 Å². The molecule has 2 saturated heterocycles. The fourth-order valence-corrected chi connectivity index (χ4v) is 2.19. The highest BCUT2D eigenvalue weighted by molar-refractivity contribution is 5.81. The molecule has 0 aromatic heterocycles. The van der Waals surface area contributed by atoms with Crippen LogP contribution in [0.5, 0.6) is 0 Å². The molecule has 1 unspecified atom stereocenters. The number of hydrogen-bond acceptors (Lipinski definition) is 6. The second kappa shape index (κ2) is 4.97. The molecule has 0 aliphatic carbocycles. The number of fused-ring (bicyclic) bond motifs is 1. The molecule has 0 aromatic carbocycles. The van der Waals surface area contributed by atoms with E-state index in [1.807, 2.05) is 13.8 Å². The molecule has 0 radical (unpaired) electrons. The molecular weight excluding hydrogens is 240 g/mol. The van der Waals surface area contributed by atoms with Gasteiger partial charge in [-0.1, -0.05) is 6.58 Å². The van der Waals surface area contributed by atoms with Crippen molar-refractivity contribution < 1.29 is 28.5 Å². The molecule has 18 heavy (non-hydrogen) atoms. The summed E-state index contributed by atoms with van der Waals surface area (Å²) in [5.41, 5.74) is 0. The summed E-state index contributed by atoms with van der Waals surface area (Å²) >= 11 is 0. The van der Waals surface area contributed by atoms with Gasteiger partial charge in [-0.25, -0.2) is 4.79 Å². The van der Waals surface area contributed by atoms with Gasteiger partial charge in [0.2, 0.25) is 0 Å². The molecule has 0 bridgehead atoms. The molecule has 2 fully saturated rings. The third-order valence-corrected chi connectivity index (χ3v) is 2.90. The van der Waals surface area contributed by atoms with Gasteiger partial charge in [-0.05, 0) is 13.8 Å². The molecule has 2 rings (SSSR count). The van der Waals surface area contributed by atoms with E-state index >= 15 is 0 Å². The molecule has 0 N–H and O–H groups in total. The van der Waals surface area contributed by atoms with Crippen LogP contribution in [-0.2, 0) is 28.5 Å². The Morgan fingerprint density at radius 3 is 2.67 bits per heavy atom. The first-order valence-corrected chi connectivity index (χ1v) is 5.80. The van der Waals surface area contributed by atoms with Crippen LogP contribution in [0.2, 0.25) is 0 Å². The van der Waals surface area contributed by atoms with Gasteiger partial charge in [0, 0.05) is 13.2 Å². The van der Waals surface area contributed by atoms with Gasteiger partial charge in [-0.3, -0.25) is 0 Å². The van der Waals surface area contributed by atoms with E-state index in [4.69, 9.17) is 23.7 Å². The zero-order chi connectivity index (χ0) is 13.3. The fraction of sp³-hybridized carbons (Fsp3) is 0.750. The number of hydrogen-bond donors (Lipinski definition) is 0. The van der Waals surface area contributed by atoms with Gasteiger partial charge in [0.05, 0.1) is 0 Å². The number of ether oxygens (including phenoxy) is 5. The average molecular weight is 258 g/mol. The summed E-state index contributed by atoms with van der Waals surface area (Å²) in [5.74, 6) is -1.18. The van der Waals surface area contributed by atoms with Gasteiger partial charge in [-0.15, -0.1) is 0 Å². The lowest BCUT2D eigenvalue weighted by molar-refractivity contribution is -0.231. The second-order valence-electron chi connectivity index (χ2n) is 4.68. The Bertz CT molecular complexity index is 339. The number of carbonyl (C=O) groups is 1. The van der Waals surface area contributed by atoms with Crippen molar-refractivity contribution in [1.29, 1.82) is 0 Å². The summed E-state index contributed by atoms with van der Waals surface area (Å²) in [4.78, 5) is 11.0. The highest BCUT2D eigenvalue weighted by Crippen LogP contribution is 2.38. The fourth-order valence-electron chi connectivity index (χ4n) is 2.19. The lowest BCUT2D eigenvalue weighted by Crippen LogP contribution is -2.33.